The largest absolute Gasteiger partial charge is 0.391 e. The molecule has 3 rings (SSSR count). The minimum Gasteiger partial charge on any atom is -0.391 e. The molecule has 1 aliphatic carbocycles. The third-order valence-corrected chi connectivity index (χ3v) is 4.66. The molecule has 2 aromatic rings. The summed E-state index contributed by atoms with van der Waals surface area (Å²) >= 11 is 0. The monoisotopic (exact) mass is 327 g/mol. The van der Waals surface area contributed by atoms with Gasteiger partial charge < -0.3 is 10.4 Å². The number of rotatable bonds is 6. The molecule has 126 valence electrons. The first kappa shape index (κ1) is 16.7. The molecule has 2 N–H and O–H groups in total. The van der Waals surface area contributed by atoms with Crippen LogP contribution in [0.15, 0.2) is 54.6 Å². The summed E-state index contributed by atoms with van der Waals surface area (Å²) in [6, 6.07) is 15.7. The summed E-state index contributed by atoms with van der Waals surface area (Å²) in [6.45, 7) is 1.82. The van der Waals surface area contributed by atoms with Gasteiger partial charge >= 0.3 is 0 Å². The minimum absolute atomic E-state index is 0.0380. The van der Waals surface area contributed by atoms with Crippen molar-refractivity contribution in [2.75, 3.05) is 0 Å². The highest BCUT2D eigenvalue weighted by molar-refractivity contribution is 5.83. The number of benzene rings is 2. The Kier molecular flexibility index (Phi) is 4.95. The maximum absolute atomic E-state index is 13.0. The molecule has 1 amide bonds. The van der Waals surface area contributed by atoms with E-state index in [4.69, 9.17) is 0 Å². The second-order valence-electron chi connectivity index (χ2n) is 6.55. The summed E-state index contributed by atoms with van der Waals surface area (Å²) in [5.74, 6) is -0.229. The molecule has 0 radical (unpaired) electrons. The van der Waals surface area contributed by atoms with Gasteiger partial charge in [0.15, 0.2) is 0 Å². The number of nitrogens with one attached hydrogen (secondary N) is 1. The van der Waals surface area contributed by atoms with Crippen LogP contribution in [-0.4, -0.2) is 23.2 Å². The van der Waals surface area contributed by atoms with Crippen LogP contribution in [0.2, 0.25) is 0 Å². The number of amides is 1. The normalized spacial score (nSPS) is 21.8. The van der Waals surface area contributed by atoms with Crippen molar-refractivity contribution in [2.24, 2.45) is 5.92 Å². The van der Waals surface area contributed by atoms with Crippen molar-refractivity contribution in [1.82, 2.24) is 5.32 Å². The zero-order valence-electron chi connectivity index (χ0n) is 13.7. The summed E-state index contributed by atoms with van der Waals surface area (Å²) in [6.07, 6.45) is 0.659. The van der Waals surface area contributed by atoms with Gasteiger partial charge in [-0.05, 0) is 42.5 Å². The zero-order valence-corrected chi connectivity index (χ0v) is 13.7. The molecule has 0 aliphatic heterocycles. The lowest BCUT2D eigenvalue weighted by molar-refractivity contribution is -0.123. The molecule has 4 atom stereocenters. The molecule has 4 heteroatoms. The molecule has 1 aliphatic rings. The van der Waals surface area contributed by atoms with Gasteiger partial charge in [-0.25, -0.2) is 4.39 Å². The number of hydrogen-bond acceptors (Lipinski definition) is 2. The first-order chi connectivity index (χ1) is 11.5. The highest BCUT2D eigenvalue weighted by atomic mass is 19.1. The Morgan fingerprint density at radius 3 is 2.54 bits per heavy atom. The van der Waals surface area contributed by atoms with Gasteiger partial charge in [0.1, 0.15) is 5.82 Å². The van der Waals surface area contributed by atoms with E-state index in [9.17, 15) is 14.3 Å². The number of hydrogen-bond donors (Lipinski definition) is 2. The number of aliphatic hydroxyl groups excluding tert-OH is 1. The Morgan fingerprint density at radius 1 is 1.21 bits per heavy atom. The Balaban J connectivity index is 1.51. The van der Waals surface area contributed by atoms with Crippen LogP contribution in [0.5, 0.6) is 0 Å². The van der Waals surface area contributed by atoms with Gasteiger partial charge in [0.05, 0.1) is 12.1 Å². The lowest BCUT2D eigenvalue weighted by Crippen LogP contribution is -2.42. The summed E-state index contributed by atoms with van der Waals surface area (Å²) in [5, 5.41) is 13.2. The highest BCUT2D eigenvalue weighted by Crippen LogP contribution is 2.47. The van der Waals surface area contributed by atoms with Crippen molar-refractivity contribution in [3.05, 3.63) is 71.5 Å². The lowest BCUT2D eigenvalue weighted by Gasteiger charge is -2.20. The molecule has 0 saturated heterocycles. The second-order valence-corrected chi connectivity index (χ2v) is 6.55. The van der Waals surface area contributed by atoms with Gasteiger partial charge in [0, 0.05) is 12.3 Å². The van der Waals surface area contributed by atoms with Gasteiger partial charge in [-0.15, -0.1) is 0 Å². The Bertz CT molecular complexity index is 687. The van der Waals surface area contributed by atoms with E-state index in [-0.39, 0.29) is 29.6 Å². The van der Waals surface area contributed by atoms with E-state index in [0.717, 1.165) is 17.5 Å². The van der Waals surface area contributed by atoms with Crippen molar-refractivity contribution >= 4 is 5.91 Å². The fraction of sp³-hybridized carbons (Fsp3) is 0.350. The van der Waals surface area contributed by atoms with Gasteiger partial charge in [-0.3, -0.25) is 4.79 Å². The van der Waals surface area contributed by atoms with E-state index < -0.39 is 6.10 Å². The van der Waals surface area contributed by atoms with Crippen LogP contribution in [0.3, 0.4) is 0 Å². The second kappa shape index (κ2) is 7.14. The van der Waals surface area contributed by atoms with Crippen LogP contribution >= 0.6 is 0 Å². The fourth-order valence-electron chi connectivity index (χ4n) is 3.02. The summed E-state index contributed by atoms with van der Waals surface area (Å²) < 4.78 is 13.0. The SMILES string of the molecule is CC(NC(=O)C1CC1c1ccc(F)cc1)C(O)Cc1ccccc1. The third kappa shape index (κ3) is 4.01. The molecule has 3 nitrogen and oxygen atoms in total. The Morgan fingerprint density at radius 2 is 1.88 bits per heavy atom. The van der Waals surface area contributed by atoms with E-state index in [1.807, 2.05) is 37.3 Å². The Labute approximate surface area is 141 Å². The predicted octanol–water partition coefficient (Wildman–Crippen LogP) is 3.04. The molecule has 0 aromatic heterocycles. The molecule has 0 bridgehead atoms. The molecule has 1 saturated carbocycles. The van der Waals surface area contributed by atoms with Gasteiger partial charge in [-0.1, -0.05) is 42.5 Å². The smallest absolute Gasteiger partial charge is 0.224 e. The average molecular weight is 327 g/mol. The van der Waals surface area contributed by atoms with Crippen LogP contribution in [-0.2, 0) is 11.2 Å². The number of halogens is 1. The van der Waals surface area contributed by atoms with Crippen molar-refractivity contribution in [3.8, 4) is 0 Å². The van der Waals surface area contributed by atoms with Crippen molar-refractivity contribution in [3.63, 3.8) is 0 Å². The predicted molar refractivity (Wildman–Crippen MR) is 91.0 cm³/mol. The maximum atomic E-state index is 13.0. The first-order valence-electron chi connectivity index (χ1n) is 8.32. The topological polar surface area (TPSA) is 49.3 Å². The van der Waals surface area contributed by atoms with Crippen molar-refractivity contribution < 1.29 is 14.3 Å². The van der Waals surface area contributed by atoms with Crippen LogP contribution in [0.25, 0.3) is 0 Å². The first-order valence-corrected chi connectivity index (χ1v) is 8.32. The van der Waals surface area contributed by atoms with E-state index in [0.29, 0.717) is 6.42 Å². The molecule has 1 fully saturated rings. The third-order valence-electron chi connectivity index (χ3n) is 4.66. The summed E-state index contributed by atoms with van der Waals surface area (Å²) in [5.41, 5.74) is 2.04. The summed E-state index contributed by atoms with van der Waals surface area (Å²) in [7, 11) is 0. The highest BCUT2D eigenvalue weighted by Gasteiger charge is 2.44. The molecule has 0 heterocycles. The van der Waals surface area contributed by atoms with E-state index >= 15 is 0 Å². The molecule has 2 aromatic carbocycles. The molecular formula is C20H22FNO2. The van der Waals surface area contributed by atoms with Gasteiger partial charge in [-0.2, -0.15) is 0 Å². The minimum atomic E-state index is -0.626. The maximum Gasteiger partial charge on any atom is 0.224 e. The summed E-state index contributed by atoms with van der Waals surface area (Å²) in [4.78, 5) is 12.3. The van der Waals surface area contributed by atoms with Gasteiger partial charge in [0.2, 0.25) is 5.91 Å². The molecular weight excluding hydrogens is 305 g/mol. The quantitative estimate of drug-likeness (QED) is 0.857. The van der Waals surface area contributed by atoms with Crippen molar-refractivity contribution in [2.45, 2.75) is 37.8 Å². The molecule has 4 unspecified atom stereocenters. The number of aliphatic hydroxyl groups is 1. The lowest BCUT2D eigenvalue weighted by atomic mass is 10.0. The van der Waals surface area contributed by atoms with E-state index in [1.165, 1.54) is 12.1 Å². The zero-order chi connectivity index (χ0) is 17.1. The van der Waals surface area contributed by atoms with Crippen LogP contribution < -0.4 is 5.32 Å². The number of carbonyl (C=O) groups is 1. The van der Waals surface area contributed by atoms with Crippen molar-refractivity contribution in [1.29, 1.82) is 0 Å². The van der Waals surface area contributed by atoms with E-state index in [1.54, 1.807) is 12.1 Å². The number of carbonyl (C=O) groups excluding carboxylic acids is 1. The molecule has 24 heavy (non-hydrogen) atoms. The standard InChI is InChI=1S/C20H22FNO2/c1-13(19(23)11-14-5-3-2-4-6-14)22-20(24)18-12-17(18)15-7-9-16(21)10-8-15/h2-10,13,17-19,23H,11-12H2,1H3,(H,22,24). The van der Waals surface area contributed by atoms with Gasteiger partial charge in [0.25, 0.3) is 0 Å². The molecule has 0 spiro atoms. The average Bonchev–Trinajstić information content (AvgIpc) is 3.37. The van der Waals surface area contributed by atoms with E-state index in [2.05, 4.69) is 5.32 Å². The fourth-order valence-corrected chi connectivity index (χ4v) is 3.02. The van der Waals surface area contributed by atoms with Crippen LogP contribution in [0.1, 0.15) is 30.4 Å². The van der Waals surface area contributed by atoms with Crippen LogP contribution in [0, 0.1) is 11.7 Å². The van der Waals surface area contributed by atoms with Crippen LogP contribution in [0.4, 0.5) is 4.39 Å². The Hall–Kier alpha value is -2.20.